The van der Waals surface area contributed by atoms with Crippen molar-refractivity contribution in [2.75, 3.05) is 7.11 Å². The molecule has 0 aliphatic heterocycles. The molecule has 0 aromatic rings. The number of hydrogen-bond donors (Lipinski definition) is 0. The number of esters is 2. The Balaban J connectivity index is 4.97. The third-order valence-electron chi connectivity index (χ3n) is 2.55. The Morgan fingerprint density at radius 3 is 1.86 bits per heavy atom. The van der Waals surface area contributed by atoms with Gasteiger partial charge in [-0.05, 0) is 0 Å². The van der Waals surface area contributed by atoms with Gasteiger partial charge in [0.25, 0.3) is 0 Å². The highest BCUT2D eigenvalue weighted by Gasteiger charge is 2.50. The number of carbonyl (C=O) groups is 4. The molecule has 0 heterocycles. The van der Waals surface area contributed by atoms with Crippen LogP contribution in [-0.4, -0.2) is 42.8 Å². The van der Waals surface area contributed by atoms with Crippen molar-refractivity contribution < 1.29 is 42.5 Å². The van der Waals surface area contributed by atoms with E-state index in [2.05, 4.69) is 9.47 Å². The van der Waals surface area contributed by atoms with Crippen LogP contribution in [-0.2, 0) is 28.7 Å². The summed E-state index contributed by atoms with van der Waals surface area (Å²) in [7, 11) is 1.03. The number of alkyl halides is 2. The van der Waals surface area contributed by atoms with Crippen LogP contribution in [0.4, 0.5) is 8.78 Å². The lowest BCUT2D eigenvalue weighted by atomic mass is 9.85. The summed E-state index contributed by atoms with van der Waals surface area (Å²) in [6.45, 7) is 3.70. The molecule has 0 aliphatic rings. The number of carboxylic acids is 1. The van der Waals surface area contributed by atoms with Crippen molar-refractivity contribution in [2.24, 2.45) is 5.41 Å². The van der Waals surface area contributed by atoms with Crippen molar-refractivity contribution >= 4 is 23.7 Å². The molecule has 0 aromatic carbocycles. The number of hydrogen-bond acceptors (Lipinski definition) is 7. The van der Waals surface area contributed by atoms with E-state index in [1.54, 1.807) is 0 Å². The van der Waals surface area contributed by atoms with Gasteiger partial charge in [-0.3, -0.25) is 14.4 Å². The van der Waals surface area contributed by atoms with E-state index < -0.39 is 54.0 Å². The molecule has 0 amide bonds. The predicted molar refractivity (Wildman–Crippen MR) is 65.5 cm³/mol. The average Bonchev–Trinajstić information content (AvgIpc) is 2.33. The molecule has 0 bridgehead atoms. The van der Waals surface area contributed by atoms with Gasteiger partial charge in [0.1, 0.15) is 18.8 Å². The first-order chi connectivity index (χ1) is 9.82. The second-order valence-corrected chi connectivity index (χ2v) is 5.61. The van der Waals surface area contributed by atoms with E-state index in [0.29, 0.717) is 0 Å². The molecule has 9 heteroatoms. The number of carbonyl (C=O) groups excluding carboxylic acids is 4. The fraction of sp³-hybridized carbons (Fsp3) is 0.692. The molecule has 126 valence electrons. The monoisotopic (exact) mass is 323 g/mol. The van der Waals surface area contributed by atoms with E-state index in [1.807, 2.05) is 0 Å². The highest BCUT2D eigenvalue weighted by molar-refractivity contribution is 6.03. The van der Waals surface area contributed by atoms with Crippen molar-refractivity contribution in [3.8, 4) is 0 Å². The van der Waals surface area contributed by atoms with Gasteiger partial charge in [0.2, 0.25) is 0 Å². The molecule has 0 spiro atoms. The fourth-order valence-electron chi connectivity index (χ4n) is 1.53. The minimum atomic E-state index is -4.43. The number of ketones is 1. The maximum atomic E-state index is 13.6. The number of halogens is 2. The molecule has 0 radical (unpaired) electrons. The maximum Gasteiger partial charge on any atom is 0.323 e. The van der Waals surface area contributed by atoms with Crippen LogP contribution in [0.25, 0.3) is 0 Å². The van der Waals surface area contributed by atoms with Gasteiger partial charge in [-0.25, -0.2) is 0 Å². The lowest BCUT2D eigenvalue weighted by Crippen LogP contribution is -2.56. The number of rotatable bonds is 7. The number of ether oxygens (including phenoxy) is 2. The topological polar surface area (TPSA) is 110 Å². The molecule has 0 rings (SSSR count). The van der Waals surface area contributed by atoms with Gasteiger partial charge in [0.15, 0.2) is 11.9 Å². The zero-order valence-electron chi connectivity index (χ0n) is 12.6. The van der Waals surface area contributed by atoms with Crippen molar-refractivity contribution in [3.05, 3.63) is 0 Å². The van der Waals surface area contributed by atoms with E-state index >= 15 is 0 Å². The molecule has 22 heavy (non-hydrogen) atoms. The molecule has 0 aliphatic carbocycles. The summed E-state index contributed by atoms with van der Waals surface area (Å²) >= 11 is 0. The van der Waals surface area contributed by atoms with Crippen LogP contribution < -0.4 is 5.11 Å². The van der Waals surface area contributed by atoms with Crippen LogP contribution in [0.1, 0.15) is 33.6 Å². The summed E-state index contributed by atoms with van der Waals surface area (Å²) in [5, 5.41) is 10.5. The minimum absolute atomic E-state index is 0.720. The smallest absolute Gasteiger partial charge is 0.323 e. The van der Waals surface area contributed by atoms with E-state index in [1.165, 1.54) is 20.8 Å². The molecule has 1 atom stereocenters. The van der Waals surface area contributed by atoms with Crippen molar-refractivity contribution in [2.45, 2.75) is 45.6 Å². The molecule has 0 saturated carbocycles. The van der Waals surface area contributed by atoms with Gasteiger partial charge in [-0.15, -0.1) is 0 Å². The van der Waals surface area contributed by atoms with Crippen LogP contribution in [0.15, 0.2) is 0 Å². The Kier molecular flexibility index (Phi) is 6.60. The van der Waals surface area contributed by atoms with E-state index in [0.717, 1.165) is 7.11 Å². The van der Waals surface area contributed by atoms with Crippen LogP contribution in [0.2, 0.25) is 0 Å². The van der Waals surface area contributed by atoms with Crippen LogP contribution >= 0.6 is 0 Å². The van der Waals surface area contributed by atoms with Gasteiger partial charge in [0, 0.05) is 5.41 Å². The Morgan fingerprint density at radius 2 is 1.50 bits per heavy atom. The molecule has 1 unspecified atom stereocenters. The van der Waals surface area contributed by atoms with Gasteiger partial charge in [-0.1, -0.05) is 20.8 Å². The Hall–Kier alpha value is -2.06. The number of aliphatic carboxylic acids is 1. The second kappa shape index (κ2) is 7.28. The molecular weight excluding hydrogens is 306 g/mol. The average molecular weight is 323 g/mol. The number of methoxy groups -OCH3 is 1. The van der Waals surface area contributed by atoms with E-state index in [9.17, 15) is 33.1 Å². The molecule has 0 N–H and O–H groups in total. The fourth-order valence-corrected chi connectivity index (χ4v) is 1.53. The summed E-state index contributed by atoms with van der Waals surface area (Å²) in [5.74, 6) is -10.3. The third kappa shape index (κ3) is 5.74. The predicted octanol–water partition coefficient (Wildman–Crippen LogP) is -0.148. The van der Waals surface area contributed by atoms with Crippen LogP contribution in [0, 0.1) is 5.41 Å². The lowest BCUT2D eigenvalue weighted by Gasteiger charge is -2.36. The van der Waals surface area contributed by atoms with Crippen LogP contribution in [0.5, 0.6) is 0 Å². The van der Waals surface area contributed by atoms with Gasteiger partial charge < -0.3 is 19.4 Å². The highest BCUT2D eigenvalue weighted by Crippen LogP contribution is 2.35. The Bertz CT molecular complexity index is 465. The zero-order valence-corrected chi connectivity index (χ0v) is 12.6. The maximum absolute atomic E-state index is 13.6. The highest BCUT2D eigenvalue weighted by atomic mass is 19.3. The Morgan fingerprint density at radius 1 is 1.05 bits per heavy atom. The summed E-state index contributed by atoms with van der Waals surface area (Å²) in [5.41, 5.74) is -1.43. The summed E-state index contributed by atoms with van der Waals surface area (Å²) in [4.78, 5) is 44.2. The Labute approximate surface area is 125 Å². The van der Waals surface area contributed by atoms with Gasteiger partial charge in [-0.2, -0.15) is 8.78 Å². The molecule has 7 nitrogen and oxygen atoms in total. The van der Waals surface area contributed by atoms with E-state index in [-0.39, 0.29) is 0 Å². The first kappa shape index (κ1) is 19.9. The van der Waals surface area contributed by atoms with Crippen molar-refractivity contribution in [1.82, 2.24) is 0 Å². The first-order valence-corrected chi connectivity index (χ1v) is 6.19. The summed E-state index contributed by atoms with van der Waals surface area (Å²) < 4.78 is 35.8. The first-order valence-electron chi connectivity index (χ1n) is 6.19. The standard InChI is InChI=1S/C13H18F2O7/c1-12(2,3)10(13(14,15)11(19)20)22-9(18)6-7(16)5-8(17)21-4/h10H,5-6H2,1-4H3,(H,19,20)/p-1. The number of carboxylic acid groups (broad SMARTS) is 1. The summed E-state index contributed by atoms with van der Waals surface area (Å²) in [6, 6.07) is 0. The summed E-state index contributed by atoms with van der Waals surface area (Å²) in [6.07, 6.45) is -4.00. The minimum Gasteiger partial charge on any atom is -0.544 e. The van der Waals surface area contributed by atoms with Crippen LogP contribution in [0.3, 0.4) is 0 Å². The van der Waals surface area contributed by atoms with Gasteiger partial charge in [0.05, 0.1) is 7.11 Å². The number of Topliss-reactive ketones (excluding diaryl/α,β-unsaturated/α-hetero) is 1. The SMILES string of the molecule is COC(=O)CC(=O)CC(=O)OC(C(C)(C)C)C(F)(F)C(=O)[O-]. The molecule has 0 aromatic heterocycles. The molecule has 0 saturated heterocycles. The zero-order chi connectivity index (χ0) is 17.7. The quantitative estimate of drug-likeness (QED) is 0.473. The van der Waals surface area contributed by atoms with E-state index in [4.69, 9.17) is 0 Å². The van der Waals surface area contributed by atoms with Gasteiger partial charge >= 0.3 is 17.9 Å². The van der Waals surface area contributed by atoms with Crippen molar-refractivity contribution in [3.63, 3.8) is 0 Å². The largest absolute Gasteiger partial charge is 0.544 e. The third-order valence-corrected chi connectivity index (χ3v) is 2.55. The van der Waals surface area contributed by atoms with Crippen molar-refractivity contribution in [1.29, 1.82) is 0 Å². The lowest BCUT2D eigenvalue weighted by molar-refractivity contribution is -0.339. The second-order valence-electron chi connectivity index (χ2n) is 5.61. The molecular formula is C13H17F2O7-. The normalized spacial score (nSPS) is 13.2. The molecule has 0 fully saturated rings.